The third kappa shape index (κ3) is 3.07. The first-order valence-corrected chi connectivity index (χ1v) is 8.38. The first-order chi connectivity index (χ1) is 10.7. The number of nitrogens with two attached hydrogens (primary N) is 1. The van der Waals surface area contributed by atoms with E-state index in [1.54, 1.807) is 0 Å². The molecule has 0 atom stereocenters. The topological polar surface area (TPSA) is 51.0 Å². The molecule has 1 aromatic rings. The quantitative estimate of drug-likeness (QED) is 0.659. The lowest BCUT2D eigenvalue weighted by Gasteiger charge is -2.34. The van der Waals surface area contributed by atoms with Gasteiger partial charge in [-0.05, 0) is 52.3 Å². The van der Waals surface area contributed by atoms with Crippen molar-refractivity contribution in [2.45, 2.75) is 38.9 Å². The molecule has 0 saturated carbocycles. The summed E-state index contributed by atoms with van der Waals surface area (Å²) in [6.07, 6.45) is 0. The van der Waals surface area contributed by atoms with Crippen LogP contribution in [0.15, 0.2) is 18.2 Å². The molecule has 0 radical (unpaired) electrons. The van der Waals surface area contributed by atoms with Gasteiger partial charge < -0.3 is 24.8 Å². The molecule has 1 aromatic carbocycles. The molecule has 2 aliphatic rings. The lowest BCUT2D eigenvalue weighted by Crippen LogP contribution is -2.45. The summed E-state index contributed by atoms with van der Waals surface area (Å²) in [6.45, 7) is 12.4. The minimum absolute atomic E-state index is 0.331. The van der Waals surface area contributed by atoms with E-state index in [4.69, 9.17) is 15.0 Å². The van der Waals surface area contributed by atoms with Crippen LogP contribution in [0.5, 0.6) is 0 Å². The van der Waals surface area contributed by atoms with Gasteiger partial charge in [0.25, 0.3) is 0 Å². The monoisotopic (exact) mass is 317 g/mol. The first-order valence-electron chi connectivity index (χ1n) is 8.38. The molecule has 0 spiro atoms. The molecule has 23 heavy (non-hydrogen) atoms. The van der Waals surface area contributed by atoms with Crippen molar-refractivity contribution in [2.24, 2.45) is 0 Å². The van der Waals surface area contributed by atoms with Crippen LogP contribution in [-0.2, 0) is 9.31 Å². The van der Waals surface area contributed by atoms with Crippen LogP contribution in [0.3, 0.4) is 0 Å². The minimum atomic E-state index is -0.358. The molecule has 126 valence electrons. The molecule has 0 amide bonds. The highest BCUT2D eigenvalue weighted by molar-refractivity contribution is 6.62. The second-order valence-corrected chi connectivity index (χ2v) is 7.70. The standard InChI is InChI=1S/C17H28BN3O2/c1-16(2)17(3,4)23-18(22-16)13-6-7-15(14(19)12-13)21-10-8-20(5)9-11-21/h6-7,12H,8-11,19H2,1-5H3. The third-order valence-electron chi connectivity index (χ3n) is 5.42. The summed E-state index contributed by atoms with van der Waals surface area (Å²) in [4.78, 5) is 4.69. The van der Waals surface area contributed by atoms with Gasteiger partial charge >= 0.3 is 7.12 Å². The second kappa shape index (κ2) is 5.69. The number of nitrogens with zero attached hydrogens (tertiary/aromatic N) is 2. The Morgan fingerprint density at radius 3 is 2.09 bits per heavy atom. The summed E-state index contributed by atoms with van der Waals surface area (Å²) in [5.41, 5.74) is 8.55. The van der Waals surface area contributed by atoms with E-state index in [0.717, 1.165) is 43.0 Å². The normalized spacial score (nSPS) is 24.2. The summed E-state index contributed by atoms with van der Waals surface area (Å²) in [7, 11) is 1.80. The van der Waals surface area contributed by atoms with E-state index in [1.807, 2.05) is 6.07 Å². The predicted molar refractivity (Wildman–Crippen MR) is 96.3 cm³/mol. The maximum absolute atomic E-state index is 6.32. The Morgan fingerprint density at radius 1 is 1.00 bits per heavy atom. The summed E-state index contributed by atoms with van der Waals surface area (Å²) in [6, 6.07) is 6.17. The van der Waals surface area contributed by atoms with Crippen LogP contribution in [0.2, 0.25) is 0 Å². The molecule has 0 unspecified atom stereocenters. The van der Waals surface area contributed by atoms with Crippen molar-refractivity contribution in [3.63, 3.8) is 0 Å². The molecular formula is C17H28BN3O2. The third-order valence-corrected chi connectivity index (χ3v) is 5.42. The van der Waals surface area contributed by atoms with Gasteiger partial charge in [0, 0.05) is 26.2 Å². The number of hydrogen-bond donors (Lipinski definition) is 1. The molecule has 2 N–H and O–H groups in total. The van der Waals surface area contributed by atoms with Gasteiger partial charge in [-0.15, -0.1) is 0 Å². The largest absolute Gasteiger partial charge is 0.494 e. The van der Waals surface area contributed by atoms with E-state index in [2.05, 4.69) is 56.7 Å². The summed E-state index contributed by atoms with van der Waals surface area (Å²) >= 11 is 0. The Morgan fingerprint density at radius 2 is 1.57 bits per heavy atom. The van der Waals surface area contributed by atoms with Crippen LogP contribution in [-0.4, -0.2) is 56.4 Å². The van der Waals surface area contributed by atoms with Crippen molar-refractivity contribution in [1.29, 1.82) is 0 Å². The number of anilines is 2. The zero-order valence-electron chi connectivity index (χ0n) is 14.9. The zero-order valence-corrected chi connectivity index (χ0v) is 14.9. The molecule has 2 heterocycles. The Hall–Kier alpha value is -1.24. The van der Waals surface area contributed by atoms with Gasteiger partial charge in [-0.2, -0.15) is 0 Å². The van der Waals surface area contributed by atoms with Crippen molar-refractivity contribution >= 4 is 24.0 Å². The fourth-order valence-electron chi connectivity index (χ4n) is 3.03. The fraction of sp³-hybridized carbons (Fsp3) is 0.647. The molecule has 0 bridgehead atoms. The summed E-state index contributed by atoms with van der Waals surface area (Å²) in [5.74, 6) is 0. The van der Waals surface area contributed by atoms with E-state index in [9.17, 15) is 0 Å². The number of piperazine rings is 1. The Bertz CT molecular complexity index is 567. The SMILES string of the molecule is CN1CCN(c2ccc(B3OC(C)(C)C(C)(C)O3)cc2N)CC1. The van der Waals surface area contributed by atoms with Crippen LogP contribution in [0.4, 0.5) is 11.4 Å². The van der Waals surface area contributed by atoms with Crippen LogP contribution >= 0.6 is 0 Å². The molecule has 2 saturated heterocycles. The molecule has 5 nitrogen and oxygen atoms in total. The number of rotatable bonds is 2. The van der Waals surface area contributed by atoms with Crippen LogP contribution in [0.25, 0.3) is 0 Å². The highest BCUT2D eigenvalue weighted by Gasteiger charge is 2.51. The van der Waals surface area contributed by atoms with E-state index in [0.29, 0.717) is 0 Å². The first kappa shape index (κ1) is 16.6. The molecule has 2 fully saturated rings. The average Bonchev–Trinajstić information content (AvgIpc) is 2.68. The zero-order chi connectivity index (χ0) is 16.8. The molecule has 2 aliphatic heterocycles. The lowest BCUT2D eigenvalue weighted by molar-refractivity contribution is 0.00578. The van der Waals surface area contributed by atoms with Gasteiger partial charge in [-0.25, -0.2) is 0 Å². The van der Waals surface area contributed by atoms with Crippen molar-refractivity contribution in [1.82, 2.24) is 4.90 Å². The second-order valence-electron chi connectivity index (χ2n) is 7.70. The number of nitrogen functional groups attached to an aromatic ring is 1. The summed E-state index contributed by atoms with van der Waals surface area (Å²) in [5, 5.41) is 0. The fourth-order valence-corrected chi connectivity index (χ4v) is 3.03. The maximum atomic E-state index is 6.32. The van der Waals surface area contributed by atoms with Gasteiger partial charge in [0.15, 0.2) is 0 Å². The summed E-state index contributed by atoms with van der Waals surface area (Å²) < 4.78 is 12.2. The van der Waals surface area contributed by atoms with E-state index in [-0.39, 0.29) is 18.3 Å². The van der Waals surface area contributed by atoms with Crippen LogP contribution in [0.1, 0.15) is 27.7 Å². The lowest BCUT2D eigenvalue weighted by atomic mass is 9.78. The Balaban J connectivity index is 1.78. The van der Waals surface area contributed by atoms with Gasteiger partial charge in [-0.1, -0.05) is 6.07 Å². The van der Waals surface area contributed by atoms with Crippen molar-refractivity contribution < 1.29 is 9.31 Å². The molecule has 6 heteroatoms. The van der Waals surface area contributed by atoms with Gasteiger partial charge in [0.05, 0.1) is 22.6 Å². The molecular weight excluding hydrogens is 289 g/mol. The molecule has 3 rings (SSSR count). The number of benzene rings is 1. The van der Waals surface area contributed by atoms with Gasteiger partial charge in [0.1, 0.15) is 0 Å². The van der Waals surface area contributed by atoms with Crippen molar-refractivity contribution in [2.75, 3.05) is 43.9 Å². The van der Waals surface area contributed by atoms with E-state index < -0.39 is 0 Å². The van der Waals surface area contributed by atoms with Gasteiger partial charge in [0.2, 0.25) is 0 Å². The highest BCUT2D eigenvalue weighted by Crippen LogP contribution is 2.36. The number of likely N-dealkylation sites (N-methyl/N-ethyl adjacent to an activating group) is 1. The highest BCUT2D eigenvalue weighted by atomic mass is 16.7. The van der Waals surface area contributed by atoms with E-state index in [1.165, 1.54) is 0 Å². The molecule has 0 aliphatic carbocycles. The van der Waals surface area contributed by atoms with Gasteiger partial charge in [-0.3, -0.25) is 0 Å². The van der Waals surface area contributed by atoms with Crippen LogP contribution in [0, 0.1) is 0 Å². The minimum Gasteiger partial charge on any atom is -0.399 e. The van der Waals surface area contributed by atoms with Crippen molar-refractivity contribution in [3.8, 4) is 0 Å². The number of hydrogen-bond acceptors (Lipinski definition) is 5. The Kier molecular flexibility index (Phi) is 4.11. The Labute approximate surface area is 139 Å². The average molecular weight is 317 g/mol. The van der Waals surface area contributed by atoms with Crippen LogP contribution < -0.4 is 16.1 Å². The van der Waals surface area contributed by atoms with Crippen molar-refractivity contribution in [3.05, 3.63) is 18.2 Å². The molecule has 0 aromatic heterocycles. The predicted octanol–water partition coefficient (Wildman–Crippen LogP) is 1.32. The van der Waals surface area contributed by atoms with E-state index >= 15 is 0 Å². The smallest absolute Gasteiger partial charge is 0.399 e. The maximum Gasteiger partial charge on any atom is 0.494 e.